The highest BCUT2D eigenvalue weighted by molar-refractivity contribution is 7.89. The fraction of sp³-hybridized carbons (Fsp3) is 0.667. The number of hydrogen-bond donors (Lipinski definition) is 1. The second-order valence-electron chi connectivity index (χ2n) is 5.11. The van der Waals surface area contributed by atoms with Gasteiger partial charge in [-0.2, -0.15) is 9.40 Å². The zero-order chi connectivity index (χ0) is 15.0. The number of sulfonamides is 1. The maximum atomic E-state index is 12.7. The molecule has 2 atom stereocenters. The van der Waals surface area contributed by atoms with Gasteiger partial charge < -0.3 is 9.47 Å². The Morgan fingerprint density at radius 3 is 2.76 bits per heavy atom. The zero-order valence-corrected chi connectivity index (χ0v) is 12.4. The Morgan fingerprint density at radius 1 is 1.48 bits per heavy atom. The van der Waals surface area contributed by atoms with Gasteiger partial charge >= 0.3 is 5.97 Å². The zero-order valence-electron chi connectivity index (χ0n) is 11.6. The van der Waals surface area contributed by atoms with Gasteiger partial charge in [-0.3, -0.25) is 5.10 Å². The van der Waals surface area contributed by atoms with E-state index in [1.54, 1.807) is 6.92 Å². The first-order valence-electron chi connectivity index (χ1n) is 6.88. The molecule has 2 aliphatic heterocycles. The number of hydrogen-bond acceptors (Lipinski definition) is 6. The minimum atomic E-state index is -3.80. The molecule has 1 N–H and O–H groups in total. The lowest BCUT2D eigenvalue weighted by Crippen LogP contribution is -2.46. The lowest BCUT2D eigenvalue weighted by molar-refractivity contribution is -0.0115. The summed E-state index contributed by atoms with van der Waals surface area (Å²) in [6.07, 6.45) is 2.79. The molecule has 1 aromatic rings. The minimum absolute atomic E-state index is 0.0595. The molecule has 21 heavy (non-hydrogen) atoms. The number of ether oxygens (including phenoxy) is 2. The lowest BCUT2D eigenvalue weighted by atomic mass is 10.2. The number of esters is 1. The van der Waals surface area contributed by atoms with Crippen LogP contribution < -0.4 is 0 Å². The summed E-state index contributed by atoms with van der Waals surface area (Å²) in [5, 5.41) is 5.88. The number of nitrogens with one attached hydrogen (secondary N) is 1. The van der Waals surface area contributed by atoms with Crippen LogP contribution in [0.4, 0.5) is 0 Å². The maximum absolute atomic E-state index is 12.7. The summed E-state index contributed by atoms with van der Waals surface area (Å²) in [6, 6.07) is 0. The smallest absolute Gasteiger partial charge is 0.342 e. The molecule has 0 aliphatic carbocycles. The van der Waals surface area contributed by atoms with Gasteiger partial charge in [0.1, 0.15) is 5.56 Å². The number of carbonyl (C=O) groups is 1. The molecule has 3 rings (SSSR count). The molecule has 8 nitrogen and oxygen atoms in total. The van der Waals surface area contributed by atoms with Gasteiger partial charge in [0.25, 0.3) is 10.0 Å². The van der Waals surface area contributed by atoms with Crippen molar-refractivity contribution < 1.29 is 22.7 Å². The molecule has 0 radical (unpaired) electrons. The van der Waals surface area contributed by atoms with Crippen molar-refractivity contribution in [3.05, 3.63) is 11.8 Å². The molecule has 1 aromatic heterocycles. The Labute approximate surface area is 122 Å². The van der Waals surface area contributed by atoms with Crippen molar-refractivity contribution in [2.75, 3.05) is 19.7 Å². The monoisotopic (exact) mass is 315 g/mol. The number of aromatic nitrogens is 2. The third-order valence-corrected chi connectivity index (χ3v) is 5.51. The molecule has 0 amide bonds. The summed E-state index contributed by atoms with van der Waals surface area (Å²) >= 11 is 0. The SMILES string of the molecule is CCOC(=O)c1cn[nH]c1S(=O)(=O)N1CC2CCC(C1)O2. The number of fused-ring (bicyclic) bond motifs is 2. The van der Waals surface area contributed by atoms with E-state index < -0.39 is 16.0 Å². The average Bonchev–Trinajstić information content (AvgIpc) is 3.06. The van der Waals surface area contributed by atoms with Crippen LogP contribution in [0.15, 0.2) is 11.2 Å². The standard InChI is InChI=1S/C12H17N3O5S/c1-2-19-12(16)10-5-13-14-11(10)21(17,18)15-6-8-3-4-9(7-15)20-8/h5,8-9H,2-4,6-7H2,1H3,(H,13,14). The van der Waals surface area contributed by atoms with Crippen molar-refractivity contribution in [2.45, 2.75) is 37.0 Å². The highest BCUT2D eigenvalue weighted by atomic mass is 32.2. The van der Waals surface area contributed by atoms with Crippen molar-refractivity contribution in [3.63, 3.8) is 0 Å². The van der Waals surface area contributed by atoms with Gasteiger partial charge in [-0.1, -0.05) is 0 Å². The molecule has 0 spiro atoms. The van der Waals surface area contributed by atoms with Crippen molar-refractivity contribution in [1.82, 2.24) is 14.5 Å². The molecule has 2 fully saturated rings. The van der Waals surface area contributed by atoms with Crippen LogP contribution in [0.5, 0.6) is 0 Å². The van der Waals surface area contributed by atoms with Crippen molar-refractivity contribution in [3.8, 4) is 0 Å². The van der Waals surface area contributed by atoms with Crippen LogP contribution in [-0.4, -0.2) is 60.8 Å². The first-order chi connectivity index (χ1) is 10.0. The summed E-state index contributed by atoms with van der Waals surface area (Å²) in [6.45, 7) is 2.44. The molecule has 2 unspecified atom stereocenters. The Bertz CT molecular complexity index is 629. The molecular weight excluding hydrogens is 298 g/mol. The van der Waals surface area contributed by atoms with E-state index in [9.17, 15) is 13.2 Å². The number of H-pyrrole nitrogens is 1. The number of morpholine rings is 1. The number of nitrogens with zero attached hydrogens (tertiary/aromatic N) is 2. The molecule has 0 aromatic carbocycles. The Morgan fingerprint density at radius 2 is 2.14 bits per heavy atom. The molecule has 2 saturated heterocycles. The van der Waals surface area contributed by atoms with Gasteiger partial charge in [0.15, 0.2) is 5.03 Å². The van der Waals surface area contributed by atoms with E-state index in [4.69, 9.17) is 9.47 Å². The van der Waals surface area contributed by atoms with Gasteiger partial charge in [-0.25, -0.2) is 13.2 Å². The normalized spacial score (nSPS) is 26.0. The van der Waals surface area contributed by atoms with Gasteiger partial charge in [0.05, 0.1) is 25.0 Å². The highest BCUT2D eigenvalue weighted by Gasteiger charge is 2.41. The summed E-state index contributed by atoms with van der Waals surface area (Å²) in [5.74, 6) is -0.693. The minimum Gasteiger partial charge on any atom is -0.462 e. The van der Waals surface area contributed by atoms with E-state index in [1.165, 1.54) is 10.5 Å². The largest absolute Gasteiger partial charge is 0.462 e. The van der Waals surface area contributed by atoms with Crippen LogP contribution in [-0.2, 0) is 19.5 Å². The molecule has 116 valence electrons. The quantitative estimate of drug-likeness (QED) is 0.793. The summed E-state index contributed by atoms with van der Waals surface area (Å²) in [5.41, 5.74) is -0.0595. The number of carbonyl (C=O) groups excluding carboxylic acids is 1. The van der Waals surface area contributed by atoms with Crippen molar-refractivity contribution in [2.24, 2.45) is 0 Å². The van der Waals surface area contributed by atoms with Crippen molar-refractivity contribution >= 4 is 16.0 Å². The van der Waals surface area contributed by atoms with Crippen LogP contribution in [0, 0.1) is 0 Å². The van der Waals surface area contributed by atoms with E-state index in [0.717, 1.165) is 12.8 Å². The molecule has 3 heterocycles. The van der Waals surface area contributed by atoms with E-state index in [2.05, 4.69) is 10.2 Å². The Balaban J connectivity index is 1.89. The first-order valence-corrected chi connectivity index (χ1v) is 8.32. The summed E-state index contributed by atoms with van der Waals surface area (Å²) in [4.78, 5) is 11.8. The first kappa shape index (κ1) is 14.5. The summed E-state index contributed by atoms with van der Waals surface area (Å²) < 4.78 is 37.2. The predicted octanol–water partition coefficient (Wildman–Crippen LogP) is 0.138. The van der Waals surface area contributed by atoms with E-state index in [0.29, 0.717) is 13.1 Å². The van der Waals surface area contributed by atoms with Gasteiger partial charge in [0, 0.05) is 13.1 Å². The average molecular weight is 315 g/mol. The van der Waals surface area contributed by atoms with Crippen LogP contribution in [0.25, 0.3) is 0 Å². The predicted molar refractivity (Wildman–Crippen MR) is 71.2 cm³/mol. The molecule has 0 saturated carbocycles. The molecular formula is C12H17N3O5S. The fourth-order valence-electron chi connectivity index (χ4n) is 2.73. The second-order valence-corrected chi connectivity index (χ2v) is 6.99. The summed E-state index contributed by atoms with van der Waals surface area (Å²) in [7, 11) is -3.80. The molecule has 2 aliphatic rings. The third-order valence-electron chi connectivity index (χ3n) is 3.71. The van der Waals surface area contributed by atoms with Gasteiger partial charge in [-0.05, 0) is 19.8 Å². The van der Waals surface area contributed by atoms with E-state index in [-0.39, 0.29) is 29.4 Å². The third kappa shape index (κ3) is 2.56. The molecule has 2 bridgehead atoms. The van der Waals surface area contributed by atoms with Crippen LogP contribution in [0.2, 0.25) is 0 Å². The lowest BCUT2D eigenvalue weighted by Gasteiger charge is -2.30. The van der Waals surface area contributed by atoms with E-state index in [1.807, 2.05) is 0 Å². The molecule has 9 heteroatoms. The Hall–Kier alpha value is -1.45. The number of rotatable bonds is 4. The van der Waals surface area contributed by atoms with Crippen LogP contribution in [0.3, 0.4) is 0 Å². The number of aromatic amines is 1. The van der Waals surface area contributed by atoms with Crippen LogP contribution in [0.1, 0.15) is 30.1 Å². The van der Waals surface area contributed by atoms with Gasteiger partial charge in [0.2, 0.25) is 0 Å². The second kappa shape index (κ2) is 5.39. The maximum Gasteiger partial charge on any atom is 0.342 e. The highest BCUT2D eigenvalue weighted by Crippen LogP contribution is 2.30. The van der Waals surface area contributed by atoms with E-state index >= 15 is 0 Å². The topological polar surface area (TPSA) is 102 Å². The van der Waals surface area contributed by atoms with Crippen LogP contribution >= 0.6 is 0 Å². The fourth-order valence-corrected chi connectivity index (χ4v) is 4.29. The van der Waals surface area contributed by atoms with Crippen molar-refractivity contribution in [1.29, 1.82) is 0 Å². The van der Waals surface area contributed by atoms with Gasteiger partial charge in [-0.15, -0.1) is 0 Å². The Kier molecular flexibility index (Phi) is 3.72.